The Morgan fingerprint density at radius 3 is 1.96 bits per heavy atom. The first kappa shape index (κ1) is 23.0. The Hall–Kier alpha value is -0.313. The minimum Gasteiger partial charge on any atom is -0.413 e. The van der Waals surface area contributed by atoms with E-state index in [1.165, 1.54) is 0 Å². The molecule has 0 N–H and O–H groups in total. The summed E-state index contributed by atoms with van der Waals surface area (Å²) in [6.45, 7) is 13.8. The summed E-state index contributed by atoms with van der Waals surface area (Å²) in [4.78, 5) is 11.9. The Labute approximate surface area is 165 Å². The number of ether oxygens (including phenoxy) is 4. The predicted octanol–water partition coefficient (Wildman–Crippen LogP) is 3.89. The maximum Gasteiger partial charge on any atom is 0.192 e. The van der Waals surface area contributed by atoms with Crippen molar-refractivity contribution in [2.45, 2.75) is 89.7 Å². The number of rotatable bonds is 11. The molecule has 0 aromatic heterocycles. The Morgan fingerprint density at radius 1 is 0.963 bits per heavy atom. The highest BCUT2D eigenvalue weighted by atomic mass is 28.4. The topological polar surface area (TPSA) is 63.2 Å². The third kappa shape index (κ3) is 7.22. The lowest BCUT2D eigenvalue weighted by Crippen LogP contribution is -2.46. The van der Waals surface area contributed by atoms with E-state index in [2.05, 4.69) is 33.9 Å². The van der Waals surface area contributed by atoms with E-state index in [4.69, 9.17) is 23.4 Å². The lowest BCUT2D eigenvalue weighted by molar-refractivity contribution is -0.115. The van der Waals surface area contributed by atoms with Crippen LogP contribution in [0.2, 0.25) is 18.1 Å². The lowest BCUT2D eigenvalue weighted by Gasteiger charge is -2.41. The summed E-state index contributed by atoms with van der Waals surface area (Å²) in [5.41, 5.74) is 0. The largest absolute Gasteiger partial charge is 0.413 e. The monoisotopic (exact) mass is 402 g/mol. The molecule has 158 valence electrons. The average molecular weight is 403 g/mol. The molecule has 0 aromatic carbocycles. The van der Waals surface area contributed by atoms with Crippen LogP contribution in [0.15, 0.2) is 0 Å². The van der Waals surface area contributed by atoms with E-state index in [-0.39, 0.29) is 29.6 Å². The second-order valence-electron chi connectivity index (χ2n) is 9.07. The van der Waals surface area contributed by atoms with E-state index < -0.39 is 8.32 Å². The van der Waals surface area contributed by atoms with Crippen molar-refractivity contribution < 1.29 is 28.2 Å². The first-order valence-electron chi connectivity index (χ1n) is 10.3. The van der Waals surface area contributed by atoms with Gasteiger partial charge in [0.15, 0.2) is 20.9 Å². The highest BCUT2D eigenvalue weighted by Gasteiger charge is 2.40. The number of aldehydes is 1. The smallest absolute Gasteiger partial charge is 0.192 e. The molecule has 0 unspecified atom stereocenters. The molecule has 27 heavy (non-hydrogen) atoms. The molecule has 2 atom stereocenters. The van der Waals surface area contributed by atoms with Gasteiger partial charge in [-0.05, 0) is 50.2 Å². The number of carbonyl (C=O) groups excluding carboxylic acids is 1. The zero-order valence-corrected chi connectivity index (χ0v) is 18.7. The van der Waals surface area contributed by atoms with E-state index in [1.807, 2.05) is 0 Å². The Bertz CT molecular complexity index is 438. The highest BCUT2D eigenvalue weighted by molar-refractivity contribution is 6.74. The molecule has 0 saturated carbocycles. The minimum absolute atomic E-state index is 0.0776. The van der Waals surface area contributed by atoms with Crippen molar-refractivity contribution in [3.63, 3.8) is 0 Å². The van der Waals surface area contributed by atoms with Crippen LogP contribution in [0, 0.1) is 5.92 Å². The van der Waals surface area contributed by atoms with Gasteiger partial charge in [0.2, 0.25) is 0 Å². The summed E-state index contributed by atoms with van der Waals surface area (Å²) in [7, 11) is -1.97. The molecule has 2 saturated heterocycles. The highest BCUT2D eigenvalue weighted by Crippen LogP contribution is 2.39. The molecule has 2 rings (SSSR count). The normalized spacial score (nSPS) is 22.3. The van der Waals surface area contributed by atoms with Gasteiger partial charge >= 0.3 is 0 Å². The molecular weight excluding hydrogens is 364 g/mol. The number of carbonyl (C=O) groups is 1. The van der Waals surface area contributed by atoms with Crippen LogP contribution < -0.4 is 0 Å². The van der Waals surface area contributed by atoms with Crippen LogP contribution in [0.5, 0.6) is 0 Å². The van der Waals surface area contributed by atoms with Crippen LogP contribution in [-0.2, 0) is 28.2 Å². The van der Waals surface area contributed by atoms with Gasteiger partial charge in [0.25, 0.3) is 0 Å². The van der Waals surface area contributed by atoms with Crippen molar-refractivity contribution in [2.75, 3.05) is 26.4 Å². The summed E-state index contributed by atoms with van der Waals surface area (Å²) in [6, 6.07) is 0. The maximum atomic E-state index is 11.9. The van der Waals surface area contributed by atoms with Crippen LogP contribution in [0.3, 0.4) is 0 Å². The van der Waals surface area contributed by atoms with Crippen LogP contribution in [0.25, 0.3) is 0 Å². The summed E-state index contributed by atoms with van der Waals surface area (Å²) >= 11 is 0. The second-order valence-corrected chi connectivity index (χ2v) is 13.8. The van der Waals surface area contributed by atoms with E-state index >= 15 is 0 Å². The molecule has 2 fully saturated rings. The molecule has 6 nitrogen and oxygen atoms in total. The first-order chi connectivity index (χ1) is 12.7. The summed E-state index contributed by atoms with van der Waals surface area (Å²) < 4.78 is 28.8. The second kappa shape index (κ2) is 10.5. The van der Waals surface area contributed by atoms with Crippen molar-refractivity contribution in [1.29, 1.82) is 0 Å². The average Bonchev–Trinajstić information content (AvgIpc) is 3.27. The number of hydrogen-bond acceptors (Lipinski definition) is 6. The van der Waals surface area contributed by atoms with Crippen LogP contribution in [0.4, 0.5) is 0 Å². The quantitative estimate of drug-likeness (QED) is 0.386. The van der Waals surface area contributed by atoms with Crippen molar-refractivity contribution in [2.24, 2.45) is 5.92 Å². The van der Waals surface area contributed by atoms with Crippen molar-refractivity contribution >= 4 is 14.6 Å². The molecule has 7 heteroatoms. The molecule has 0 aliphatic carbocycles. The third-order valence-corrected chi connectivity index (χ3v) is 10.5. The van der Waals surface area contributed by atoms with Gasteiger partial charge in [0, 0.05) is 5.92 Å². The molecule has 0 aromatic rings. The van der Waals surface area contributed by atoms with E-state index in [0.29, 0.717) is 26.4 Å². The molecule has 0 amide bonds. The van der Waals surface area contributed by atoms with Crippen molar-refractivity contribution in [3.05, 3.63) is 0 Å². The fourth-order valence-electron chi connectivity index (χ4n) is 3.22. The van der Waals surface area contributed by atoms with Gasteiger partial charge in [0.05, 0.1) is 32.5 Å². The third-order valence-electron chi connectivity index (χ3n) is 5.95. The fraction of sp³-hybridized carbons (Fsp3) is 0.950. The van der Waals surface area contributed by atoms with Crippen molar-refractivity contribution in [3.8, 4) is 0 Å². The molecule has 2 heterocycles. The van der Waals surface area contributed by atoms with Gasteiger partial charge in [-0.25, -0.2) is 0 Å². The van der Waals surface area contributed by atoms with Gasteiger partial charge in [-0.3, -0.25) is 0 Å². The van der Waals surface area contributed by atoms with Crippen molar-refractivity contribution in [1.82, 2.24) is 0 Å². The number of hydrogen-bond donors (Lipinski definition) is 0. The standard InChI is InChI=1S/C20H38O6Si/c1-20(2,3)27(4,5)26-17(7-6-8-18-22-11-12-23-18)16(15-21)9-10-19-24-13-14-25-19/h15-19H,6-14H2,1-5H3/t16-,17+/m0/s1. The summed E-state index contributed by atoms with van der Waals surface area (Å²) in [5, 5.41) is 0.105. The molecular formula is C20H38O6Si. The SMILES string of the molecule is CC(C)(C)[Si](C)(C)O[C@H](CCCC1OCCO1)[C@H](C=O)CCC1OCCO1. The van der Waals surface area contributed by atoms with Gasteiger partial charge in [-0.1, -0.05) is 20.8 Å². The molecule has 0 spiro atoms. The molecule has 2 aliphatic heterocycles. The Morgan fingerprint density at radius 2 is 1.48 bits per heavy atom. The van der Waals surface area contributed by atoms with Gasteiger partial charge < -0.3 is 28.2 Å². The maximum absolute atomic E-state index is 11.9. The predicted molar refractivity (Wildman–Crippen MR) is 106 cm³/mol. The Kier molecular flexibility index (Phi) is 8.90. The van der Waals surface area contributed by atoms with E-state index in [9.17, 15) is 4.79 Å². The van der Waals surface area contributed by atoms with Gasteiger partial charge in [-0.2, -0.15) is 0 Å². The zero-order valence-electron chi connectivity index (χ0n) is 17.7. The van der Waals surface area contributed by atoms with Crippen LogP contribution >= 0.6 is 0 Å². The molecule has 0 bridgehead atoms. The van der Waals surface area contributed by atoms with E-state index in [0.717, 1.165) is 38.4 Å². The van der Waals surface area contributed by atoms with Gasteiger partial charge in [0.1, 0.15) is 6.29 Å². The molecule has 0 radical (unpaired) electrons. The fourth-order valence-corrected chi connectivity index (χ4v) is 4.62. The van der Waals surface area contributed by atoms with E-state index in [1.54, 1.807) is 0 Å². The zero-order chi connectivity index (χ0) is 19.9. The minimum atomic E-state index is -1.97. The first-order valence-corrected chi connectivity index (χ1v) is 13.2. The Balaban J connectivity index is 1.95. The molecule has 2 aliphatic rings. The summed E-state index contributed by atoms with van der Waals surface area (Å²) in [5.74, 6) is -0.141. The van der Waals surface area contributed by atoms with Gasteiger partial charge in [-0.15, -0.1) is 0 Å². The van der Waals surface area contributed by atoms with Crippen LogP contribution in [-0.4, -0.2) is 59.7 Å². The summed E-state index contributed by atoms with van der Waals surface area (Å²) in [6.07, 6.45) is 4.77. The van der Waals surface area contributed by atoms with Crippen LogP contribution in [0.1, 0.15) is 52.9 Å². The lowest BCUT2D eigenvalue weighted by atomic mass is 9.94.